The maximum atomic E-state index is 5.84. The van der Waals surface area contributed by atoms with Crippen molar-refractivity contribution >= 4 is 6.21 Å². The molecule has 0 aromatic heterocycles. The molecule has 0 saturated heterocycles. The van der Waals surface area contributed by atoms with E-state index < -0.39 is 0 Å². The zero-order valence-electron chi connectivity index (χ0n) is 9.28. The zero-order chi connectivity index (χ0) is 10.9. The fourth-order valence-corrected chi connectivity index (χ4v) is 1.85. The van der Waals surface area contributed by atoms with Crippen molar-refractivity contribution in [2.45, 2.75) is 44.2 Å². The van der Waals surface area contributed by atoms with Gasteiger partial charge in [0.2, 0.25) is 0 Å². The number of nitrogens with zero attached hydrogens (tertiary/aromatic N) is 1. The number of hydrazone groups is 1. The highest BCUT2D eigenvalue weighted by atomic mass is 15.3. The average molecular weight is 210 g/mol. The second kappa shape index (κ2) is 7.43. The third-order valence-electron chi connectivity index (χ3n) is 2.74. The standard InChI is InChI=1S/C11H22N4/c1-2-14-15-9-3-8-13-11-6-4-10(12)5-7-11/h2,9-11,13-14H,1,3-8,12H2/b15-9-/t10-,11+. The summed E-state index contributed by atoms with van der Waals surface area (Å²) in [6.45, 7) is 4.49. The lowest BCUT2D eigenvalue weighted by atomic mass is 9.92. The van der Waals surface area contributed by atoms with Crippen LogP contribution in [0.5, 0.6) is 0 Å². The van der Waals surface area contributed by atoms with Gasteiger partial charge in [-0.25, -0.2) is 0 Å². The van der Waals surface area contributed by atoms with Gasteiger partial charge in [-0.2, -0.15) is 5.10 Å². The van der Waals surface area contributed by atoms with E-state index in [-0.39, 0.29) is 0 Å². The third-order valence-corrected chi connectivity index (χ3v) is 2.74. The Morgan fingerprint density at radius 3 is 2.73 bits per heavy atom. The van der Waals surface area contributed by atoms with Crippen molar-refractivity contribution in [3.8, 4) is 0 Å². The number of nitrogens with two attached hydrogens (primary N) is 1. The maximum Gasteiger partial charge on any atom is 0.0259 e. The summed E-state index contributed by atoms with van der Waals surface area (Å²) in [5, 5.41) is 7.45. The first-order valence-corrected chi connectivity index (χ1v) is 5.70. The van der Waals surface area contributed by atoms with E-state index in [1.54, 1.807) is 6.20 Å². The molecule has 0 amide bonds. The van der Waals surface area contributed by atoms with Crippen molar-refractivity contribution in [3.05, 3.63) is 12.8 Å². The van der Waals surface area contributed by atoms with Gasteiger partial charge in [0.05, 0.1) is 0 Å². The molecule has 1 aliphatic rings. The minimum Gasteiger partial charge on any atom is -0.328 e. The molecule has 1 saturated carbocycles. The van der Waals surface area contributed by atoms with E-state index in [0.717, 1.165) is 25.8 Å². The Bertz CT molecular complexity index is 195. The monoisotopic (exact) mass is 210 g/mol. The van der Waals surface area contributed by atoms with Gasteiger partial charge in [-0.3, -0.25) is 5.43 Å². The van der Waals surface area contributed by atoms with Gasteiger partial charge in [-0.15, -0.1) is 0 Å². The van der Waals surface area contributed by atoms with Crippen molar-refractivity contribution in [1.82, 2.24) is 10.7 Å². The second-order valence-corrected chi connectivity index (χ2v) is 4.00. The Kier molecular flexibility index (Phi) is 6.04. The number of nitrogens with one attached hydrogen (secondary N) is 2. The summed E-state index contributed by atoms with van der Waals surface area (Å²) in [5.74, 6) is 0. The van der Waals surface area contributed by atoms with Crippen molar-refractivity contribution in [2.24, 2.45) is 10.8 Å². The lowest BCUT2D eigenvalue weighted by Gasteiger charge is -2.26. The van der Waals surface area contributed by atoms with E-state index in [2.05, 4.69) is 22.4 Å². The Labute approximate surface area is 92.0 Å². The fourth-order valence-electron chi connectivity index (χ4n) is 1.85. The highest BCUT2D eigenvalue weighted by Gasteiger charge is 2.17. The van der Waals surface area contributed by atoms with Crippen LogP contribution in [-0.2, 0) is 0 Å². The minimum atomic E-state index is 0.432. The van der Waals surface area contributed by atoms with Crippen LogP contribution in [0.3, 0.4) is 0 Å². The molecule has 0 heterocycles. The van der Waals surface area contributed by atoms with Gasteiger partial charge >= 0.3 is 0 Å². The predicted octanol–water partition coefficient (Wildman–Crippen LogP) is 0.955. The van der Waals surface area contributed by atoms with Gasteiger partial charge in [-0.05, 0) is 32.1 Å². The second-order valence-electron chi connectivity index (χ2n) is 4.00. The number of rotatable bonds is 6. The molecule has 0 bridgehead atoms. The average Bonchev–Trinajstić information content (AvgIpc) is 2.26. The highest BCUT2D eigenvalue weighted by Crippen LogP contribution is 2.16. The first-order chi connectivity index (χ1) is 7.33. The largest absolute Gasteiger partial charge is 0.328 e. The molecule has 1 aliphatic carbocycles. The van der Waals surface area contributed by atoms with E-state index in [0.29, 0.717) is 12.1 Å². The van der Waals surface area contributed by atoms with Crippen molar-refractivity contribution in [3.63, 3.8) is 0 Å². The first-order valence-electron chi connectivity index (χ1n) is 5.70. The summed E-state index contributed by atoms with van der Waals surface area (Å²) < 4.78 is 0. The van der Waals surface area contributed by atoms with Crippen molar-refractivity contribution in [2.75, 3.05) is 6.54 Å². The zero-order valence-corrected chi connectivity index (χ0v) is 9.28. The van der Waals surface area contributed by atoms with Gasteiger partial charge < -0.3 is 11.1 Å². The Hall–Kier alpha value is -0.870. The molecule has 0 spiro atoms. The lowest BCUT2D eigenvalue weighted by molar-refractivity contribution is 0.346. The normalized spacial score (nSPS) is 26.7. The summed E-state index contributed by atoms with van der Waals surface area (Å²) in [6, 6.07) is 1.09. The molecular formula is C11H22N4. The summed E-state index contributed by atoms with van der Waals surface area (Å²) in [7, 11) is 0. The molecule has 4 nitrogen and oxygen atoms in total. The minimum absolute atomic E-state index is 0.432. The Morgan fingerprint density at radius 2 is 2.07 bits per heavy atom. The highest BCUT2D eigenvalue weighted by molar-refractivity contribution is 5.56. The van der Waals surface area contributed by atoms with Gasteiger partial charge in [-0.1, -0.05) is 6.58 Å². The molecule has 4 heteroatoms. The van der Waals surface area contributed by atoms with Crippen LogP contribution < -0.4 is 16.5 Å². The van der Waals surface area contributed by atoms with Crippen LogP contribution in [0, 0.1) is 0 Å². The summed E-state index contributed by atoms with van der Waals surface area (Å²) in [5.41, 5.74) is 8.52. The molecule has 1 rings (SSSR count). The summed E-state index contributed by atoms with van der Waals surface area (Å²) in [6.07, 6.45) is 9.11. The van der Waals surface area contributed by atoms with E-state index in [4.69, 9.17) is 5.73 Å². The van der Waals surface area contributed by atoms with E-state index in [1.807, 2.05) is 6.21 Å². The van der Waals surface area contributed by atoms with E-state index in [9.17, 15) is 0 Å². The number of hydrogen-bond acceptors (Lipinski definition) is 4. The van der Waals surface area contributed by atoms with E-state index in [1.165, 1.54) is 12.8 Å². The van der Waals surface area contributed by atoms with Crippen LogP contribution in [-0.4, -0.2) is 24.8 Å². The smallest absolute Gasteiger partial charge is 0.0259 e. The van der Waals surface area contributed by atoms with Crippen molar-refractivity contribution in [1.29, 1.82) is 0 Å². The molecule has 0 unspecified atom stereocenters. The topological polar surface area (TPSA) is 62.4 Å². The molecule has 4 N–H and O–H groups in total. The maximum absolute atomic E-state index is 5.84. The predicted molar refractivity (Wildman–Crippen MR) is 64.7 cm³/mol. The quantitative estimate of drug-likeness (QED) is 0.347. The molecular weight excluding hydrogens is 188 g/mol. The van der Waals surface area contributed by atoms with Gasteiger partial charge in [0.1, 0.15) is 0 Å². The molecule has 86 valence electrons. The molecule has 0 aromatic rings. The Balaban J connectivity index is 1.98. The summed E-state index contributed by atoms with van der Waals surface area (Å²) in [4.78, 5) is 0. The van der Waals surface area contributed by atoms with Gasteiger partial charge in [0, 0.05) is 31.0 Å². The fraction of sp³-hybridized carbons (Fsp3) is 0.727. The van der Waals surface area contributed by atoms with Crippen LogP contribution >= 0.6 is 0 Å². The Morgan fingerprint density at radius 1 is 1.33 bits per heavy atom. The van der Waals surface area contributed by atoms with Crippen molar-refractivity contribution < 1.29 is 0 Å². The molecule has 0 atom stereocenters. The third kappa shape index (κ3) is 5.54. The van der Waals surface area contributed by atoms with Gasteiger partial charge in [0.15, 0.2) is 0 Å². The molecule has 1 fully saturated rings. The SMILES string of the molecule is C=CN/N=C\CCN[C@H]1CC[C@@H](N)CC1. The molecule has 15 heavy (non-hydrogen) atoms. The van der Waals surface area contributed by atoms with Crippen LogP contribution in [0.15, 0.2) is 17.9 Å². The number of hydrogen-bond donors (Lipinski definition) is 3. The van der Waals surface area contributed by atoms with Crippen LogP contribution in [0.1, 0.15) is 32.1 Å². The molecule has 0 radical (unpaired) electrons. The van der Waals surface area contributed by atoms with Crippen LogP contribution in [0.25, 0.3) is 0 Å². The molecule has 0 aromatic carbocycles. The van der Waals surface area contributed by atoms with Gasteiger partial charge in [0.25, 0.3) is 0 Å². The lowest BCUT2D eigenvalue weighted by Crippen LogP contribution is -2.37. The van der Waals surface area contributed by atoms with E-state index >= 15 is 0 Å². The first kappa shape index (κ1) is 12.2. The molecule has 0 aliphatic heterocycles. The van der Waals surface area contributed by atoms with Crippen LogP contribution in [0.4, 0.5) is 0 Å². The van der Waals surface area contributed by atoms with Crippen LogP contribution in [0.2, 0.25) is 0 Å². The summed E-state index contributed by atoms with van der Waals surface area (Å²) >= 11 is 0.